The number of ether oxygens (including phenoxy) is 1. The van der Waals surface area contributed by atoms with E-state index >= 15 is 0 Å². The number of halogens is 2. The fourth-order valence-corrected chi connectivity index (χ4v) is 5.09. The number of anilines is 2. The molecule has 5 rings (SSSR count). The Morgan fingerprint density at radius 1 is 1.14 bits per heavy atom. The Kier molecular flexibility index (Phi) is 6.82. The third kappa shape index (κ3) is 4.75. The molecule has 2 aromatic carbocycles. The van der Waals surface area contributed by atoms with Crippen molar-refractivity contribution in [3.8, 4) is 11.4 Å². The van der Waals surface area contributed by atoms with Gasteiger partial charge < -0.3 is 24.8 Å². The van der Waals surface area contributed by atoms with E-state index < -0.39 is 5.82 Å². The second-order valence-corrected chi connectivity index (χ2v) is 9.26. The Bertz CT molecular complexity index is 1480. The smallest absolute Gasteiger partial charge is 0.221 e. The molecule has 1 fully saturated rings. The largest absolute Gasteiger partial charge is 0.495 e. The highest BCUT2D eigenvalue weighted by Gasteiger charge is 2.42. The first-order valence-corrected chi connectivity index (χ1v) is 12.2. The molecule has 4 aromatic rings. The molecular weight excluding hydrogens is 513 g/mol. The molecule has 3 heterocycles. The van der Waals surface area contributed by atoms with Crippen molar-refractivity contribution in [2.45, 2.75) is 19.0 Å². The third-order valence-corrected chi connectivity index (χ3v) is 6.74. The molecule has 1 amide bonds. The molecule has 0 radical (unpaired) electrons. The lowest BCUT2D eigenvalue weighted by Crippen LogP contribution is -2.30. The van der Waals surface area contributed by atoms with E-state index in [0.29, 0.717) is 22.2 Å². The maximum Gasteiger partial charge on any atom is 0.221 e. The number of benzene rings is 2. The molecule has 0 aliphatic carbocycles. The summed E-state index contributed by atoms with van der Waals surface area (Å²) in [5.41, 5.74) is 3.66. The number of nitrogens with zero attached hydrogens (tertiary/aromatic N) is 3. The Labute approximate surface area is 223 Å². The Balaban J connectivity index is 1.67. The first-order chi connectivity index (χ1) is 17.9. The standard InChI is InChI=1S/C27H23ClFN5O2S/c1-16(35)31-22-15-18(9-11-24(22)36-2)34-26(25(32-27(34)37)21-6-3-4-12-30-21)23-7-5-13-33(23)17-8-10-20(29)19(28)14-17/h3-15,25-26H,1-2H3,(H,31,35)(H,32,37)/t25-,26+/m1/s1. The molecule has 188 valence electrons. The van der Waals surface area contributed by atoms with Gasteiger partial charge in [0.15, 0.2) is 5.11 Å². The monoisotopic (exact) mass is 535 g/mol. The summed E-state index contributed by atoms with van der Waals surface area (Å²) >= 11 is 11.9. The lowest BCUT2D eigenvalue weighted by atomic mass is 10.0. The van der Waals surface area contributed by atoms with Crippen LogP contribution in [0.15, 0.2) is 79.1 Å². The van der Waals surface area contributed by atoms with Crippen LogP contribution in [0.4, 0.5) is 15.8 Å². The zero-order valence-electron chi connectivity index (χ0n) is 20.0. The first kappa shape index (κ1) is 24.7. The van der Waals surface area contributed by atoms with Crippen LogP contribution in [0.1, 0.15) is 30.4 Å². The SMILES string of the molecule is COc1ccc(N2C(=S)N[C@H](c3ccccn3)[C@@H]2c2cccn2-c2ccc(F)c(Cl)c2)cc1NC(C)=O. The van der Waals surface area contributed by atoms with Gasteiger partial charge in [-0.25, -0.2) is 4.39 Å². The summed E-state index contributed by atoms with van der Waals surface area (Å²) < 4.78 is 21.3. The topological polar surface area (TPSA) is 71.4 Å². The Hall–Kier alpha value is -3.95. The zero-order chi connectivity index (χ0) is 26.1. The van der Waals surface area contributed by atoms with Crippen molar-refractivity contribution in [2.75, 3.05) is 17.3 Å². The molecule has 0 spiro atoms. The van der Waals surface area contributed by atoms with E-state index in [2.05, 4.69) is 15.6 Å². The van der Waals surface area contributed by atoms with Gasteiger partial charge in [0.2, 0.25) is 5.91 Å². The van der Waals surface area contributed by atoms with Gasteiger partial charge in [-0.05, 0) is 72.9 Å². The molecule has 37 heavy (non-hydrogen) atoms. The Morgan fingerprint density at radius 3 is 2.65 bits per heavy atom. The van der Waals surface area contributed by atoms with E-state index in [9.17, 15) is 9.18 Å². The fraction of sp³-hybridized carbons (Fsp3) is 0.148. The van der Waals surface area contributed by atoms with Crippen LogP contribution in [0.3, 0.4) is 0 Å². The van der Waals surface area contributed by atoms with Crippen LogP contribution < -0.4 is 20.3 Å². The maximum absolute atomic E-state index is 13.9. The van der Waals surface area contributed by atoms with Gasteiger partial charge in [0.05, 0.1) is 29.6 Å². The average molecular weight is 536 g/mol. The highest BCUT2D eigenvalue weighted by Crippen LogP contribution is 2.44. The summed E-state index contributed by atoms with van der Waals surface area (Å²) in [7, 11) is 1.54. The van der Waals surface area contributed by atoms with Crippen molar-refractivity contribution in [1.29, 1.82) is 0 Å². The van der Waals surface area contributed by atoms with Crippen LogP contribution in [0.25, 0.3) is 5.69 Å². The van der Waals surface area contributed by atoms with Crippen LogP contribution in [0.2, 0.25) is 5.02 Å². The minimum Gasteiger partial charge on any atom is -0.495 e. The summed E-state index contributed by atoms with van der Waals surface area (Å²) in [6, 6.07) is 19.1. The van der Waals surface area contributed by atoms with Gasteiger partial charge in [-0.1, -0.05) is 17.7 Å². The van der Waals surface area contributed by atoms with Gasteiger partial charge in [0.1, 0.15) is 17.6 Å². The molecule has 1 aliphatic rings. The lowest BCUT2D eigenvalue weighted by molar-refractivity contribution is -0.114. The van der Waals surface area contributed by atoms with Crippen molar-refractivity contribution in [3.05, 3.63) is 101 Å². The molecule has 0 bridgehead atoms. The highest BCUT2D eigenvalue weighted by molar-refractivity contribution is 7.80. The van der Waals surface area contributed by atoms with Crippen LogP contribution in [0.5, 0.6) is 5.75 Å². The molecule has 1 aliphatic heterocycles. The second kappa shape index (κ2) is 10.2. The van der Waals surface area contributed by atoms with Crippen molar-refractivity contribution < 1.29 is 13.9 Å². The Morgan fingerprint density at radius 2 is 1.95 bits per heavy atom. The molecule has 0 saturated carbocycles. The second-order valence-electron chi connectivity index (χ2n) is 8.46. The third-order valence-electron chi connectivity index (χ3n) is 6.13. The number of hydrogen-bond donors (Lipinski definition) is 2. The van der Waals surface area contributed by atoms with Crippen molar-refractivity contribution in [3.63, 3.8) is 0 Å². The van der Waals surface area contributed by atoms with E-state index in [1.165, 1.54) is 13.0 Å². The molecular formula is C27H23ClFN5O2S. The van der Waals surface area contributed by atoms with Gasteiger partial charge in [-0.2, -0.15) is 0 Å². The van der Waals surface area contributed by atoms with Crippen LogP contribution >= 0.6 is 23.8 Å². The normalized spacial score (nSPS) is 17.0. The number of nitrogens with one attached hydrogen (secondary N) is 2. The summed E-state index contributed by atoms with van der Waals surface area (Å²) in [6.07, 6.45) is 3.63. The van der Waals surface area contributed by atoms with E-state index in [0.717, 1.165) is 17.1 Å². The molecule has 0 unspecified atom stereocenters. The number of pyridine rings is 1. The number of hydrogen-bond acceptors (Lipinski definition) is 4. The fourth-order valence-electron chi connectivity index (χ4n) is 4.57. The van der Waals surface area contributed by atoms with Gasteiger partial charge in [-0.15, -0.1) is 0 Å². The number of methoxy groups -OCH3 is 1. The average Bonchev–Trinajstić information content (AvgIpc) is 3.50. The molecule has 2 aromatic heterocycles. The highest BCUT2D eigenvalue weighted by atomic mass is 35.5. The number of carbonyl (C=O) groups is 1. The maximum atomic E-state index is 13.9. The van der Waals surface area contributed by atoms with Crippen LogP contribution in [-0.2, 0) is 4.79 Å². The number of aromatic nitrogens is 2. The first-order valence-electron chi connectivity index (χ1n) is 11.5. The molecule has 1 saturated heterocycles. The molecule has 10 heteroatoms. The minimum absolute atomic E-state index is 0.0328. The van der Waals surface area contributed by atoms with Gasteiger partial charge in [-0.3, -0.25) is 9.78 Å². The van der Waals surface area contributed by atoms with E-state index in [1.807, 2.05) is 58.1 Å². The molecule has 2 N–H and O–H groups in total. The number of rotatable bonds is 6. The van der Waals surface area contributed by atoms with Crippen molar-refractivity contribution in [2.24, 2.45) is 0 Å². The summed E-state index contributed by atoms with van der Waals surface area (Å²) in [4.78, 5) is 18.4. The van der Waals surface area contributed by atoms with E-state index in [1.54, 1.807) is 31.5 Å². The quantitative estimate of drug-likeness (QED) is 0.304. The van der Waals surface area contributed by atoms with Gasteiger partial charge in [0.25, 0.3) is 0 Å². The summed E-state index contributed by atoms with van der Waals surface area (Å²) in [6.45, 7) is 1.44. The summed E-state index contributed by atoms with van der Waals surface area (Å²) in [5.74, 6) is -0.179. The van der Waals surface area contributed by atoms with Crippen LogP contribution in [0, 0.1) is 5.82 Å². The van der Waals surface area contributed by atoms with Gasteiger partial charge in [0, 0.05) is 36.4 Å². The summed E-state index contributed by atoms with van der Waals surface area (Å²) in [5, 5.41) is 6.77. The van der Waals surface area contributed by atoms with E-state index in [4.69, 9.17) is 28.6 Å². The minimum atomic E-state index is -0.487. The van der Waals surface area contributed by atoms with Crippen LogP contribution in [-0.4, -0.2) is 27.7 Å². The predicted octanol–water partition coefficient (Wildman–Crippen LogP) is 5.81. The number of thiocarbonyl (C=S) groups is 1. The number of amides is 1. The van der Waals surface area contributed by atoms with Gasteiger partial charge >= 0.3 is 0 Å². The zero-order valence-corrected chi connectivity index (χ0v) is 21.6. The molecule has 2 atom stereocenters. The predicted molar refractivity (Wildman–Crippen MR) is 146 cm³/mol. The lowest BCUT2D eigenvalue weighted by Gasteiger charge is -2.29. The number of carbonyl (C=O) groups excluding carboxylic acids is 1. The molecule has 7 nitrogen and oxygen atoms in total. The van der Waals surface area contributed by atoms with Crippen molar-refractivity contribution >= 4 is 46.2 Å². The van der Waals surface area contributed by atoms with Crippen molar-refractivity contribution in [1.82, 2.24) is 14.9 Å². The van der Waals surface area contributed by atoms with E-state index in [-0.39, 0.29) is 23.0 Å².